The fourth-order valence-corrected chi connectivity index (χ4v) is 4.22. The Morgan fingerprint density at radius 1 is 0.977 bits per heavy atom. The van der Waals surface area contributed by atoms with Crippen molar-refractivity contribution in [3.63, 3.8) is 0 Å². The molecule has 4 rings (SSSR count). The van der Waals surface area contributed by atoms with Gasteiger partial charge in [-0.1, -0.05) is 6.07 Å². The molecule has 0 saturated carbocycles. The first-order valence-corrected chi connectivity index (χ1v) is 13.2. The Kier molecular flexibility index (Phi) is 9.13. The average molecular weight is 609 g/mol. The van der Waals surface area contributed by atoms with E-state index in [1.165, 1.54) is 12.1 Å². The molecule has 0 aliphatic heterocycles. The van der Waals surface area contributed by atoms with Crippen LogP contribution in [0.4, 0.5) is 49.5 Å². The fourth-order valence-electron chi connectivity index (χ4n) is 4.22. The second kappa shape index (κ2) is 12.5. The first kappa shape index (κ1) is 31.5. The van der Waals surface area contributed by atoms with Gasteiger partial charge in [0.2, 0.25) is 5.95 Å². The zero-order chi connectivity index (χ0) is 31.5. The van der Waals surface area contributed by atoms with Gasteiger partial charge in [0, 0.05) is 36.7 Å². The van der Waals surface area contributed by atoms with Crippen LogP contribution in [0, 0.1) is 6.92 Å². The molecule has 230 valence electrons. The maximum atomic E-state index is 13.2. The van der Waals surface area contributed by atoms with E-state index < -0.39 is 35.0 Å². The largest absolute Gasteiger partial charge is 0.416 e. The zero-order valence-corrected chi connectivity index (χ0v) is 23.8. The Hall–Kier alpha value is -4.40. The first-order chi connectivity index (χ1) is 20.1. The number of carbonyl (C=O) groups excluding carboxylic acids is 1. The van der Waals surface area contributed by atoms with Crippen molar-refractivity contribution in [2.24, 2.45) is 7.05 Å². The molecular weight excluding hydrogens is 578 g/mol. The molecule has 15 heteroatoms. The summed E-state index contributed by atoms with van der Waals surface area (Å²) in [5, 5.41) is 13.8. The van der Waals surface area contributed by atoms with Gasteiger partial charge in [0.15, 0.2) is 11.5 Å². The van der Waals surface area contributed by atoms with E-state index in [4.69, 9.17) is 0 Å². The molecule has 0 aliphatic carbocycles. The van der Waals surface area contributed by atoms with Gasteiger partial charge < -0.3 is 20.9 Å². The van der Waals surface area contributed by atoms with Crippen molar-refractivity contribution in [3.8, 4) is 0 Å². The van der Waals surface area contributed by atoms with Crippen molar-refractivity contribution in [1.82, 2.24) is 24.6 Å². The quantitative estimate of drug-likeness (QED) is 0.140. The van der Waals surface area contributed by atoms with Gasteiger partial charge in [-0.3, -0.25) is 4.79 Å². The number of benzene rings is 2. The Labute approximate surface area is 243 Å². The SMILES string of the molecule is Cc1ccc(NC(=O)c2cc(C(F)(F)F)cc(C(F)(F)F)c2)cc1Nc1nn(C)c2nc(NCCCCN(C)C)ncc12. The van der Waals surface area contributed by atoms with E-state index in [9.17, 15) is 31.1 Å². The Morgan fingerprint density at radius 2 is 1.65 bits per heavy atom. The zero-order valence-electron chi connectivity index (χ0n) is 23.8. The number of aryl methyl sites for hydroxylation is 2. The van der Waals surface area contributed by atoms with Gasteiger partial charge in [-0.25, -0.2) is 9.67 Å². The smallest absolute Gasteiger partial charge is 0.354 e. The van der Waals surface area contributed by atoms with E-state index in [1.807, 2.05) is 14.1 Å². The number of halogens is 6. The third-order valence-corrected chi connectivity index (χ3v) is 6.49. The molecule has 0 radical (unpaired) electrons. The molecule has 3 N–H and O–H groups in total. The number of anilines is 4. The van der Waals surface area contributed by atoms with Crippen LogP contribution in [0.25, 0.3) is 11.0 Å². The third kappa shape index (κ3) is 7.91. The molecule has 43 heavy (non-hydrogen) atoms. The highest BCUT2D eigenvalue weighted by molar-refractivity contribution is 6.05. The third-order valence-electron chi connectivity index (χ3n) is 6.49. The first-order valence-electron chi connectivity index (χ1n) is 13.2. The number of aromatic nitrogens is 4. The molecule has 0 saturated heterocycles. The topological polar surface area (TPSA) is 100 Å². The maximum absolute atomic E-state index is 13.2. The molecule has 9 nitrogen and oxygen atoms in total. The number of amides is 1. The van der Waals surface area contributed by atoms with Gasteiger partial charge in [0.05, 0.1) is 16.5 Å². The Morgan fingerprint density at radius 3 is 2.28 bits per heavy atom. The molecule has 2 aromatic heterocycles. The summed E-state index contributed by atoms with van der Waals surface area (Å²) >= 11 is 0. The lowest BCUT2D eigenvalue weighted by Gasteiger charge is -2.15. The summed E-state index contributed by atoms with van der Waals surface area (Å²) in [7, 11) is 5.75. The van der Waals surface area contributed by atoms with Crippen molar-refractivity contribution >= 4 is 40.1 Å². The van der Waals surface area contributed by atoms with E-state index in [0.717, 1.165) is 24.9 Å². The molecule has 0 aliphatic rings. The number of alkyl halides is 6. The van der Waals surface area contributed by atoms with Gasteiger partial charge >= 0.3 is 12.4 Å². The van der Waals surface area contributed by atoms with Crippen LogP contribution in [0.1, 0.15) is 39.9 Å². The molecular formula is C28H30F6N8O. The van der Waals surface area contributed by atoms with Crippen molar-refractivity contribution in [1.29, 1.82) is 0 Å². The van der Waals surface area contributed by atoms with Crippen LogP contribution in [0.3, 0.4) is 0 Å². The Bertz CT molecular complexity index is 1580. The number of carbonyl (C=O) groups is 1. The minimum absolute atomic E-state index is 0.0307. The van der Waals surface area contributed by atoms with E-state index in [-0.39, 0.29) is 11.8 Å². The van der Waals surface area contributed by atoms with E-state index in [0.29, 0.717) is 47.2 Å². The van der Waals surface area contributed by atoms with Crippen LogP contribution >= 0.6 is 0 Å². The van der Waals surface area contributed by atoms with Gasteiger partial charge in [0.1, 0.15) is 0 Å². The second-order valence-corrected chi connectivity index (χ2v) is 10.2. The highest BCUT2D eigenvalue weighted by Crippen LogP contribution is 2.36. The van der Waals surface area contributed by atoms with Crippen molar-refractivity contribution in [3.05, 3.63) is 64.8 Å². The minimum Gasteiger partial charge on any atom is -0.354 e. The van der Waals surface area contributed by atoms with Gasteiger partial charge in [-0.2, -0.15) is 36.4 Å². The fraction of sp³-hybridized carbons (Fsp3) is 0.357. The second-order valence-electron chi connectivity index (χ2n) is 10.2. The summed E-state index contributed by atoms with van der Waals surface area (Å²) in [6, 6.07) is 5.33. The maximum Gasteiger partial charge on any atom is 0.416 e. The van der Waals surface area contributed by atoms with Crippen molar-refractivity contribution in [2.45, 2.75) is 32.1 Å². The van der Waals surface area contributed by atoms with Crippen LogP contribution in [0.2, 0.25) is 0 Å². The number of unbranched alkanes of at least 4 members (excludes halogenated alkanes) is 1. The molecule has 0 bridgehead atoms. The number of rotatable bonds is 10. The standard InChI is InChI=1S/C28H30F6N8O/c1-16-7-8-20(37-25(43)17-11-18(27(29,30)31)13-19(12-17)28(32,33)34)14-22(16)38-23-21-15-36-26(39-24(21)42(4)40-23)35-9-5-6-10-41(2)3/h7-8,11-15H,5-6,9-10H2,1-4H3,(H,37,43)(H,38,40)(H,35,36,39). The number of nitrogens with one attached hydrogen (secondary N) is 3. The van der Waals surface area contributed by atoms with E-state index in [1.54, 1.807) is 30.9 Å². The van der Waals surface area contributed by atoms with E-state index >= 15 is 0 Å². The van der Waals surface area contributed by atoms with Crippen LogP contribution in [-0.4, -0.2) is 57.7 Å². The summed E-state index contributed by atoms with van der Waals surface area (Å²) in [5.74, 6) is -0.268. The highest BCUT2D eigenvalue weighted by atomic mass is 19.4. The highest BCUT2D eigenvalue weighted by Gasteiger charge is 2.37. The minimum atomic E-state index is -5.07. The lowest BCUT2D eigenvalue weighted by Crippen LogP contribution is -2.17. The molecule has 0 spiro atoms. The molecule has 1 amide bonds. The predicted octanol–water partition coefficient (Wildman–Crippen LogP) is 6.46. The van der Waals surface area contributed by atoms with Gasteiger partial charge in [-0.05, 0) is 76.3 Å². The van der Waals surface area contributed by atoms with Crippen LogP contribution in [0.15, 0.2) is 42.6 Å². The number of hydrogen-bond donors (Lipinski definition) is 3. The van der Waals surface area contributed by atoms with Crippen molar-refractivity contribution in [2.75, 3.05) is 43.1 Å². The summed E-state index contributed by atoms with van der Waals surface area (Å²) < 4.78 is 81.0. The number of nitrogens with zero attached hydrogens (tertiary/aromatic N) is 5. The molecule has 0 fully saturated rings. The number of hydrogen-bond acceptors (Lipinski definition) is 7. The van der Waals surface area contributed by atoms with Gasteiger partial charge in [0.25, 0.3) is 5.91 Å². The van der Waals surface area contributed by atoms with Crippen LogP contribution < -0.4 is 16.0 Å². The normalized spacial score (nSPS) is 12.2. The molecule has 4 aromatic rings. The van der Waals surface area contributed by atoms with Crippen LogP contribution in [0.5, 0.6) is 0 Å². The lowest BCUT2D eigenvalue weighted by molar-refractivity contribution is -0.143. The average Bonchev–Trinajstić information content (AvgIpc) is 3.23. The summed E-state index contributed by atoms with van der Waals surface area (Å²) in [6.07, 6.45) is -6.56. The summed E-state index contributed by atoms with van der Waals surface area (Å²) in [4.78, 5) is 23.8. The predicted molar refractivity (Wildman–Crippen MR) is 151 cm³/mol. The monoisotopic (exact) mass is 608 g/mol. The molecule has 0 unspecified atom stereocenters. The summed E-state index contributed by atoms with van der Waals surface area (Å²) in [6.45, 7) is 3.46. The molecule has 2 heterocycles. The van der Waals surface area contributed by atoms with Crippen LogP contribution in [-0.2, 0) is 19.4 Å². The number of fused-ring (bicyclic) bond motifs is 1. The Balaban J connectivity index is 1.52. The molecule has 0 atom stereocenters. The summed E-state index contributed by atoms with van der Waals surface area (Å²) in [5.41, 5.74) is -2.03. The molecule has 2 aromatic carbocycles. The van der Waals surface area contributed by atoms with Crippen molar-refractivity contribution < 1.29 is 31.1 Å². The lowest BCUT2D eigenvalue weighted by atomic mass is 10.0. The van der Waals surface area contributed by atoms with E-state index in [2.05, 4.69) is 35.9 Å². The van der Waals surface area contributed by atoms with Gasteiger partial charge in [-0.15, -0.1) is 0 Å².